The molecule has 0 bridgehead atoms. The van der Waals surface area contributed by atoms with Crippen LogP contribution < -0.4 is 10.6 Å². The second-order valence-corrected chi connectivity index (χ2v) is 7.95. The van der Waals surface area contributed by atoms with E-state index in [1.165, 1.54) is 6.33 Å². The van der Waals surface area contributed by atoms with Gasteiger partial charge in [-0.15, -0.1) is 0 Å². The average Bonchev–Trinajstić information content (AvgIpc) is 3.18. The Morgan fingerprint density at radius 2 is 1.72 bits per heavy atom. The van der Waals surface area contributed by atoms with E-state index in [0.717, 1.165) is 23.0 Å². The van der Waals surface area contributed by atoms with Crippen molar-refractivity contribution in [3.05, 3.63) is 72.2 Å². The predicted molar refractivity (Wildman–Crippen MR) is 129 cm³/mol. The van der Waals surface area contributed by atoms with Gasteiger partial charge in [-0.2, -0.15) is 13.2 Å². The van der Waals surface area contributed by atoms with Crippen LogP contribution in [0.3, 0.4) is 0 Å². The number of benzene rings is 1. The van der Waals surface area contributed by atoms with E-state index in [1.807, 2.05) is 66.0 Å². The molecule has 4 aromatic rings. The molecule has 0 saturated carbocycles. The molecule has 1 amide bonds. The van der Waals surface area contributed by atoms with Gasteiger partial charge in [0.05, 0.1) is 16.5 Å². The topological polar surface area (TPSA) is 112 Å². The molecule has 0 spiro atoms. The molecule has 0 fully saturated rings. The highest BCUT2D eigenvalue weighted by Gasteiger charge is 2.38. The Kier molecular flexibility index (Phi) is 8.43. The van der Waals surface area contributed by atoms with Crippen LogP contribution in [0.1, 0.15) is 15.9 Å². The Morgan fingerprint density at radius 3 is 2.36 bits per heavy atom. The van der Waals surface area contributed by atoms with Gasteiger partial charge in [0.2, 0.25) is 0 Å². The fourth-order valence-corrected chi connectivity index (χ4v) is 3.38. The summed E-state index contributed by atoms with van der Waals surface area (Å²) in [6.07, 6.45) is -1.63. The largest absolute Gasteiger partial charge is 0.490 e. The number of amides is 1. The van der Waals surface area contributed by atoms with Gasteiger partial charge in [-0.3, -0.25) is 4.79 Å². The van der Waals surface area contributed by atoms with Crippen LogP contribution in [0.25, 0.3) is 16.6 Å². The van der Waals surface area contributed by atoms with Gasteiger partial charge in [-0.25, -0.2) is 14.8 Å². The van der Waals surface area contributed by atoms with Crippen LogP contribution in [0.5, 0.6) is 0 Å². The first kappa shape index (κ1) is 26.4. The number of aliphatic carboxylic acids is 1. The van der Waals surface area contributed by atoms with Crippen LogP contribution in [-0.4, -0.2) is 69.6 Å². The lowest BCUT2D eigenvalue weighted by molar-refractivity contribution is -0.192. The summed E-state index contributed by atoms with van der Waals surface area (Å²) in [4.78, 5) is 33.0. The molecule has 190 valence electrons. The number of anilines is 1. The summed E-state index contributed by atoms with van der Waals surface area (Å²) in [5.41, 5.74) is 3.26. The number of carboxylic acid groups (broad SMARTS) is 1. The van der Waals surface area contributed by atoms with Crippen LogP contribution >= 0.6 is 0 Å². The molecule has 4 rings (SSSR count). The molecule has 0 aliphatic carbocycles. The first-order chi connectivity index (χ1) is 17.1. The van der Waals surface area contributed by atoms with E-state index >= 15 is 0 Å². The number of hydrogen-bond acceptors (Lipinski definition) is 6. The molecular weight excluding hydrogens is 477 g/mol. The van der Waals surface area contributed by atoms with Crippen molar-refractivity contribution in [2.75, 3.05) is 32.5 Å². The molecule has 1 aromatic carbocycles. The number of alkyl halides is 3. The summed E-state index contributed by atoms with van der Waals surface area (Å²) in [5, 5.41) is 14.3. The SMILES string of the molecule is CN(C)CCNC(=O)c1c2c(NCc3ccccc3)ncnc2n2ccccc12.O=C(O)C(F)(F)F. The molecule has 9 nitrogen and oxygen atoms in total. The number of rotatable bonds is 7. The molecule has 0 unspecified atom stereocenters. The number of likely N-dealkylation sites (N-methyl/N-ethyl adjacent to an activating group) is 1. The van der Waals surface area contributed by atoms with Crippen molar-refractivity contribution in [2.24, 2.45) is 0 Å². The summed E-state index contributed by atoms with van der Waals surface area (Å²) in [7, 11) is 3.96. The molecule has 0 radical (unpaired) electrons. The minimum Gasteiger partial charge on any atom is -0.475 e. The van der Waals surface area contributed by atoms with Crippen molar-refractivity contribution >= 4 is 34.2 Å². The second kappa shape index (κ2) is 11.5. The van der Waals surface area contributed by atoms with E-state index in [1.54, 1.807) is 0 Å². The minimum absolute atomic E-state index is 0.122. The van der Waals surface area contributed by atoms with Gasteiger partial charge in [0.1, 0.15) is 12.1 Å². The lowest BCUT2D eigenvalue weighted by atomic mass is 10.1. The summed E-state index contributed by atoms with van der Waals surface area (Å²) in [6, 6.07) is 15.9. The van der Waals surface area contributed by atoms with Gasteiger partial charge >= 0.3 is 12.1 Å². The lowest BCUT2D eigenvalue weighted by Gasteiger charge is -2.11. The first-order valence-corrected chi connectivity index (χ1v) is 10.8. The molecule has 3 aromatic heterocycles. The van der Waals surface area contributed by atoms with Gasteiger partial charge in [0.15, 0.2) is 5.65 Å². The molecule has 0 aliphatic rings. The van der Waals surface area contributed by atoms with E-state index in [2.05, 4.69) is 32.7 Å². The van der Waals surface area contributed by atoms with Crippen LogP contribution in [0.4, 0.5) is 19.0 Å². The third-order valence-electron chi connectivity index (χ3n) is 5.04. The first-order valence-electron chi connectivity index (χ1n) is 10.8. The van der Waals surface area contributed by atoms with E-state index in [4.69, 9.17) is 9.90 Å². The Balaban J connectivity index is 0.000000454. The third-order valence-corrected chi connectivity index (χ3v) is 5.04. The molecule has 3 heterocycles. The number of nitrogens with zero attached hydrogens (tertiary/aromatic N) is 4. The average molecular weight is 502 g/mol. The Hall–Kier alpha value is -4.19. The molecule has 36 heavy (non-hydrogen) atoms. The number of carbonyl (C=O) groups excluding carboxylic acids is 1. The number of nitrogens with one attached hydrogen (secondary N) is 2. The van der Waals surface area contributed by atoms with E-state index in [0.29, 0.717) is 30.1 Å². The van der Waals surface area contributed by atoms with Crippen LogP contribution in [0.2, 0.25) is 0 Å². The Labute approximate surface area is 204 Å². The quantitative estimate of drug-likeness (QED) is 0.355. The molecular formula is C24H25F3N6O3. The zero-order chi connectivity index (χ0) is 26.3. The highest BCUT2D eigenvalue weighted by atomic mass is 19.4. The van der Waals surface area contributed by atoms with Crippen molar-refractivity contribution in [1.82, 2.24) is 24.6 Å². The maximum Gasteiger partial charge on any atom is 0.490 e. The van der Waals surface area contributed by atoms with E-state index < -0.39 is 12.1 Å². The minimum atomic E-state index is -5.08. The maximum atomic E-state index is 13.1. The summed E-state index contributed by atoms with van der Waals surface area (Å²) >= 11 is 0. The number of aromatic nitrogens is 3. The molecule has 3 N–H and O–H groups in total. The van der Waals surface area contributed by atoms with E-state index in [-0.39, 0.29) is 5.91 Å². The number of pyridine rings is 1. The molecule has 0 atom stereocenters. The van der Waals surface area contributed by atoms with Crippen LogP contribution in [0.15, 0.2) is 61.1 Å². The number of hydrogen-bond donors (Lipinski definition) is 3. The molecule has 0 saturated heterocycles. The van der Waals surface area contributed by atoms with Crippen molar-refractivity contribution in [2.45, 2.75) is 12.7 Å². The molecule has 0 aliphatic heterocycles. The Bertz CT molecular complexity index is 1340. The summed E-state index contributed by atoms with van der Waals surface area (Å²) < 4.78 is 33.7. The van der Waals surface area contributed by atoms with Crippen molar-refractivity contribution < 1.29 is 27.9 Å². The zero-order valence-corrected chi connectivity index (χ0v) is 19.6. The number of fused-ring (bicyclic) bond motifs is 3. The van der Waals surface area contributed by atoms with Crippen LogP contribution in [0, 0.1) is 0 Å². The highest BCUT2D eigenvalue weighted by molar-refractivity contribution is 6.16. The number of carbonyl (C=O) groups is 2. The van der Waals surface area contributed by atoms with Crippen molar-refractivity contribution in [3.8, 4) is 0 Å². The summed E-state index contributed by atoms with van der Waals surface area (Å²) in [6.45, 7) is 1.95. The van der Waals surface area contributed by atoms with Gasteiger partial charge in [0.25, 0.3) is 5.91 Å². The fourth-order valence-electron chi connectivity index (χ4n) is 3.38. The highest BCUT2D eigenvalue weighted by Crippen LogP contribution is 2.30. The fraction of sp³-hybridized carbons (Fsp3) is 0.250. The van der Waals surface area contributed by atoms with Gasteiger partial charge < -0.3 is 25.0 Å². The smallest absolute Gasteiger partial charge is 0.475 e. The standard InChI is InChI=1S/C22H24N6O.C2HF3O2/c1-27(2)13-11-23-22(29)18-17-10-6-7-12-28(17)21-19(18)20(25-15-26-21)24-14-16-8-4-3-5-9-16;3-2(4,5)1(6)7/h3-10,12,15H,11,13-14H2,1-2H3,(H,23,29)(H,24,25,26);(H,6,7). The van der Waals surface area contributed by atoms with E-state index in [9.17, 15) is 18.0 Å². The van der Waals surface area contributed by atoms with Crippen LogP contribution in [-0.2, 0) is 11.3 Å². The maximum absolute atomic E-state index is 13.1. The number of halogens is 3. The van der Waals surface area contributed by atoms with Crippen molar-refractivity contribution in [3.63, 3.8) is 0 Å². The van der Waals surface area contributed by atoms with Crippen molar-refractivity contribution in [1.29, 1.82) is 0 Å². The van der Waals surface area contributed by atoms with Gasteiger partial charge in [0, 0.05) is 25.8 Å². The lowest BCUT2D eigenvalue weighted by Crippen LogP contribution is -2.31. The normalized spacial score (nSPS) is 11.3. The molecule has 12 heteroatoms. The van der Waals surface area contributed by atoms with Gasteiger partial charge in [-0.1, -0.05) is 36.4 Å². The monoisotopic (exact) mass is 502 g/mol. The third kappa shape index (κ3) is 6.48. The number of carboxylic acids is 1. The Morgan fingerprint density at radius 1 is 1.06 bits per heavy atom. The summed E-state index contributed by atoms with van der Waals surface area (Å²) in [5.74, 6) is -2.23. The predicted octanol–water partition coefficient (Wildman–Crippen LogP) is 3.42. The van der Waals surface area contributed by atoms with Gasteiger partial charge in [-0.05, 0) is 31.8 Å². The zero-order valence-electron chi connectivity index (χ0n) is 19.6. The second-order valence-electron chi connectivity index (χ2n) is 7.95.